The van der Waals surface area contributed by atoms with Gasteiger partial charge in [0.15, 0.2) is 5.78 Å². The van der Waals surface area contributed by atoms with Gasteiger partial charge >= 0.3 is 0 Å². The summed E-state index contributed by atoms with van der Waals surface area (Å²) >= 11 is 0. The molecule has 2 N–H and O–H groups in total. The number of benzene rings is 2. The maximum absolute atomic E-state index is 12.2. The Bertz CT molecular complexity index is 751. The first-order chi connectivity index (χ1) is 11.4. The number of carbonyl (C=O) groups is 2. The number of nitrogens with one attached hydrogen (secondary N) is 2. The van der Waals surface area contributed by atoms with Crippen LogP contribution in [0.25, 0.3) is 0 Å². The van der Waals surface area contributed by atoms with Crippen molar-refractivity contribution >= 4 is 23.1 Å². The molecule has 0 atom stereocenters. The van der Waals surface area contributed by atoms with Crippen LogP contribution in [0, 0.1) is 6.92 Å². The molecule has 0 saturated heterocycles. The van der Waals surface area contributed by atoms with Crippen LogP contribution in [0.4, 0.5) is 11.4 Å². The quantitative estimate of drug-likeness (QED) is 0.776. The van der Waals surface area contributed by atoms with Crippen LogP contribution in [0.3, 0.4) is 0 Å². The number of carbonyl (C=O) groups excluding carboxylic acids is 2. The standard InChI is InChI=1S/C20H24N2O2/c1-13(2)18-10-5-7-14(3)20(18)21-12-19(24)22-17-9-6-8-16(11-17)15(4)23/h5-11,13,21H,12H2,1-4H3,(H,22,24). The highest BCUT2D eigenvalue weighted by Gasteiger charge is 2.10. The fraction of sp³-hybridized carbons (Fsp3) is 0.300. The molecule has 2 aromatic carbocycles. The third kappa shape index (κ3) is 4.44. The summed E-state index contributed by atoms with van der Waals surface area (Å²) in [7, 11) is 0. The monoisotopic (exact) mass is 324 g/mol. The van der Waals surface area contributed by atoms with E-state index < -0.39 is 0 Å². The van der Waals surface area contributed by atoms with Gasteiger partial charge in [0.25, 0.3) is 0 Å². The molecule has 1 amide bonds. The number of ketones is 1. The topological polar surface area (TPSA) is 58.2 Å². The number of Topliss-reactive ketones (excluding diaryl/α,β-unsaturated/α-hetero) is 1. The van der Waals surface area contributed by atoms with Crippen LogP contribution in [-0.4, -0.2) is 18.2 Å². The second kappa shape index (κ2) is 7.77. The molecule has 0 aromatic heterocycles. The van der Waals surface area contributed by atoms with Crippen molar-refractivity contribution in [2.45, 2.75) is 33.6 Å². The van der Waals surface area contributed by atoms with Crippen molar-refractivity contribution in [3.8, 4) is 0 Å². The van der Waals surface area contributed by atoms with Gasteiger partial charge in [-0.1, -0.05) is 44.2 Å². The van der Waals surface area contributed by atoms with Crippen LogP contribution in [-0.2, 0) is 4.79 Å². The lowest BCUT2D eigenvalue weighted by molar-refractivity contribution is -0.114. The molecule has 0 heterocycles. The smallest absolute Gasteiger partial charge is 0.243 e. The third-order valence-electron chi connectivity index (χ3n) is 3.91. The Kier molecular flexibility index (Phi) is 5.74. The Morgan fingerprint density at radius 2 is 1.79 bits per heavy atom. The first kappa shape index (κ1) is 17.7. The number of rotatable bonds is 6. The van der Waals surface area contributed by atoms with E-state index >= 15 is 0 Å². The number of amides is 1. The number of hydrogen-bond acceptors (Lipinski definition) is 3. The lowest BCUT2D eigenvalue weighted by atomic mass is 9.98. The summed E-state index contributed by atoms with van der Waals surface area (Å²) in [4.78, 5) is 23.6. The molecule has 4 heteroatoms. The first-order valence-corrected chi connectivity index (χ1v) is 8.12. The third-order valence-corrected chi connectivity index (χ3v) is 3.91. The summed E-state index contributed by atoms with van der Waals surface area (Å²) in [6.07, 6.45) is 0. The van der Waals surface area contributed by atoms with Crippen molar-refractivity contribution in [1.29, 1.82) is 0 Å². The van der Waals surface area contributed by atoms with Gasteiger partial charge in [0.1, 0.15) is 0 Å². The van der Waals surface area contributed by atoms with E-state index in [1.807, 2.05) is 19.1 Å². The van der Waals surface area contributed by atoms with Crippen LogP contribution in [0.15, 0.2) is 42.5 Å². The predicted octanol–water partition coefficient (Wildman–Crippen LogP) is 4.37. The number of aryl methyl sites for hydroxylation is 1. The Morgan fingerprint density at radius 3 is 2.46 bits per heavy atom. The average Bonchev–Trinajstić information content (AvgIpc) is 2.53. The molecule has 0 radical (unpaired) electrons. The van der Waals surface area contributed by atoms with E-state index in [1.54, 1.807) is 24.3 Å². The van der Waals surface area contributed by atoms with Gasteiger partial charge in [0.05, 0.1) is 6.54 Å². The molecule has 0 unspecified atom stereocenters. The molecule has 0 fully saturated rings. The largest absolute Gasteiger partial charge is 0.376 e. The summed E-state index contributed by atoms with van der Waals surface area (Å²) in [5.74, 6) is 0.210. The van der Waals surface area contributed by atoms with E-state index in [4.69, 9.17) is 0 Å². The van der Waals surface area contributed by atoms with Crippen LogP contribution in [0.2, 0.25) is 0 Å². The molecule has 0 aliphatic rings. The zero-order valence-corrected chi connectivity index (χ0v) is 14.6. The van der Waals surface area contributed by atoms with Gasteiger partial charge in [-0.25, -0.2) is 0 Å². The summed E-state index contributed by atoms with van der Waals surface area (Å²) in [6, 6.07) is 13.1. The molecule has 2 rings (SSSR count). The Morgan fingerprint density at radius 1 is 1.08 bits per heavy atom. The van der Waals surface area contributed by atoms with E-state index in [9.17, 15) is 9.59 Å². The van der Waals surface area contributed by atoms with Crippen LogP contribution in [0.5, 0.6) is 0 Å². The van der Waals surface area contributed by atoms with Gasteiger partial charge in [-0.15, -0.1) is 0 Å². The zero-order chi connectivity index (χ0) is 17.7. The molecular formula is C20H24N2O2. The van der Waals surface area contributed by atoms with Crippen molar-refractivity contribution in [1.82, 2.24) is 0 Å². The van der Waals surface area contributed by atoms with Gasteiger partial charge in [-0.3, -0.25) is 9.59 Å². The molecule has 0 aliphatic carbocycles. The van der Waals surface area contributed by atoms with Crippen molar-refractivity contribution in [2.24, 2.45) is 0 Å². The molecule has 4 nitrogen and oxygen atoms in total. The van der Waals surface area contributed by atoms with E-state index in [0.717, 1.165) is 11.3 Å². The highest BCUT2D eigenvalue weighted by molar-refractivity contribution is 5.98. The number of anilines is 2. The van der Waals surface area contributed by atoms with E-state index in [1.165, 1.54) is 12.5 Å². The molecule has 0 saturated carbocycles. The molecule has 0 aliphatic heterocycles. The van der Waals surface area contributed by atoms with Gasteiger partial charge in [0, 0.05) is 16.9 Å². The SMILES string of the molecule is CC(=O)c1cccc(NC(=O)CNc2c(C)cccc2C(C)C)c1. The van der Waals surface area contributed by atoms with Crippen LogP contribution < -0.4 is 10.6 Å². The van der Waals surface area contributed by atoms with Crippen molar-refractivity contribution < 1.29 is 9.59 Å². The highest BCUT2D eigenvalue weighted by Crippen LogP contribution is 2.27. The minimum absolute atomic E-state index is 0.0225. The molecule has 24 heavy (non-hydrogen) atoms. The Hall–Kier alpha value is -2.62. The lowest BCUT2D eigenvalue weighted by Crippen LogP contribution is -2.22. The normalized spacial score (nSPS) is 10.5. The van der Waals surface area contributed by atoms with Crippen molar-refractivity contribution in [3.63, 3.8) is 0 Å². The van der Waals surface area contributed by atoms with Gasteiger partial charge in [-0.05, 0) is 43.0 Å². The maximum Gasteiger partial charge on any atom is 0.243 e. The second-order valence-electron chi connectivity index (χ2n) is 6.23. The maximum atomic E-state index is 12.2. The number of para-hydroxylation sites is 1. The Balaban J connectivity index is 2.04. The van der Waals surface area contributed by atoms with Gasteiger partial charge < -0.3 is 10.6 Å². The zero-order valence-electron chi connectivity index (χ0n) is 14.6. The van der Waals surface area contributed by atoms with E-state index in [0.29, 0.717) is 17.2 Å². The van der Waals surface area contributed by atoms with E-state index in [2.05, 4.69) is 30.5 Å². The molecule has 0 bridgehead atoms. The molecule has 0 spiro atoms. The summed E-state index contributed by atoms with van der Waals surface area (Å²) in [5.41, 5.74) is 4.54. The van der Waals surface area contributed by atoms with Gasteiger partial charge in [-0.2, -0.15) is 0 Å². The fourth-order valence-electron chi connectivity index (χ4n) is 2.60. The highest BCUT2D eigenvalue weighted by atomic mass is 16.2. The summed E-state index contributed by atoms with van der Waals surface area (Å²) in [6.45, 7) is 7.98. The molecular weight excluding hydrogens is 300 g/mol. The molecule has 2 aromatic rings. The average molecular weight is 324 g/mol. The van der Waals surface area contributed by atoms with Crippen LogP contribution >= 0.6 is 0 Å². The first-order valence-electron chi connectivity index (χ1n) is 8.12. The Labute approximate surface area is 143 Å². The fourth-order valence-corrected chi connectivity index (χ4v) is 2.60. The summed E-state index contributed by atoms with van der Waals surface area (Å²) < 4.78 is 0. The van der Waals surface area contributed by atoms with Crippen molar-refractivity contribution in [2.75, 3.05) is 17.2 Å². The summed E-state index contributed by atoms with van der Waals surface area (Å²) in [5, 5.41) is 6.06. The second-order valence-corrected chi connectivity index (χ2v) is 6.23. The lowest BCUT2D eigenvalue weighted by Gasteiger charge is -2.17. The minimum Gasteiger partial charge on any atom is -0.376 e. The number of hydrogen-bond donors (Lipinski definition) is 2. The predicted molar refractivity (Wildman–Crippen MR) is 98.8 cm³/mol. The van der Waals surface area contributed by atoms with E-state index in [-0.39, 0.29) is 18.2 Å². The minimum atomic E-state index is -0.145. The van der Waals surface area contributed by atoms with Crippen LogP contribution in [0.1, 0.15) is 48.2 Å². The molecule has 126 valence electrons. The van der Waals surface area contributed by atoms with Crippen molar-refractivity contribution in [3.05, 3.63) is 59.2 Å². The van der Waals surface area contributed by atoms with Gasteiger partial charge in [0.2, 0.25) is 5.91 Å².